The van der Waals surface area contributed by atoms with Gasteiger partial charge in [0, 0.05) is 33.1 Å². The predicted molar refractivity (Wildman–Crippen MR) is 75.2 cm³/mol. The van der Waals surface area contributed by atoms with Gasteiger partial charge in [0.1, 0.15) is 0 Å². The molecule has 0 atom stereocenters. The van der Waals surface area contributed by atoms with Crippen LogP contribution in [0.1, 0.15) is 17.5 Å². The van der Waals surface area contributed by atoms with Crippen molar-refractivity contribution >= 4 is 17.3 Å². The molecule has 0 aliphatic carbocycles. The van der Waals surface area contributed by atoms with E-state index < -0.39 is 0 Å². The zero-order chi connectivity index (χ0) is 13.3. The molecular weight excluding hydrogens is 226 g/mol. The van der Waals surface area contributed by atoms with E-state index >= 15 is 0 Å². The van der Waals surface area contributed by atoms with Gasteiger partial charge in [-0.05, 0) is 31.0 Å². The van der Waals surface area contributed by atoms with Gasteiger partial charge >= 0.3 is 0 Å². The second-order valence-electron chi connectivity index (χ2n) is 4.85. The van der Waals surface area contributed by atoms with Gasteiger partial charge in [0.15, 0.2) is 0 Å². The lowest BCUT2D eigenvalue weighted by Crippen LogP contribution is -2.31. The number of hydrogen-bond acceptors (Lipinski definition) is 3. The van der Waals surface area contributed by atoms with Gasteiger partial charge in [-0.25, -0.2) is 0 Å². The quantitative estimate of drug-likeness (QED) is 0.860. The van der Waals surface area contributed by atoms with E-state index in [1.165, 1.54) is 11.1 Å². The summed E-state index contributed by atoms with van der Waals surface area (Å²) in [6.07, 6.45) is 0.545. The Morgan fingerprint density at radius 3 is 2.72 bits per heavy atom. The molecule has 0 saturated heterocycles. The molecule has 4 heteroatoms. The van der Waals surface area contributed by atoms with Gasteiger partial charge in [0.25, 0.3) is 0 Å². The number of amides is 1. The average Bonchev–Trinajstić information content (AvgIpc) is 2.47. The fourth-order valence-electron chi connectivity index (χ4n) is 2.48. The van der Waals surface area contributed by atoms with Crippen molar-refractivity contribution in [3.63, 3.8) is 0 Å². The summed E-state index contributed by atoms with van der Waals surface area (Å²) in [5.41, 5.74) is 10.3. The van der Waals surface area contributed by atoms with E-state index in [1.54, 1.807) is 4.90 Å². The van der Waals surface area contributed by atoms with Gasteiger partial charge in [0.2, 0.25) is 5.91 Å². The fraction of sp³-hybridized carbons (Fsp3) is 0.500. The van der Waals surface area contributed by atoms with Crippen LogP contribution in [0.5, 0.6) is 0 Å². The van der Waals surface area contributed by atoms with Gasteiger partial charge in [-0.1, -0.05) is 6.07 Å². The number of nitrogens with zero attached hydrogens (tertiary/aromatic N) is 2. The van der Waals surface area contributed by atoms with E-state index in [-0.39, 0.29) is 5.91 Å². The van der Waals surface area contributed by atoms with Gasteiger partial charge < -0.3 is 15.5 Å². The summed E-state index contributed by atoms with van der Waals surface area (Å²) in [5, 5.41) is 0. The molecule has 0 fully saturated rings. The Hall–Kier alpha value is -1.55. The maximum absolute atomic E-state index is 12.0. The fourth-order valence-corrected chi connectivity index (χ4v) is 2.48. The van der Waals surface area contributed by atoms with Crippen LogP contribution in [0, 0.1) is 13.8 Å². The van der Waals surface area contributed by atoms with E-state index in [2.05, 4.69) is 24.8 Å². The minimum Gasteiger partial charge on any atom is -0.368 e. The zero-order valence-electron chi connectivity index (χ0n) is 11.4. The van der Waals surface area contributed by atoms with Gasteiger partial charge in [-0.2, -0.15) is 0 Å². The van der Waals surface area contributed by atoms with E-state index in [9.17, 15) is 4.79 Å². The van der Waals surface area contributed by atoms with Gasteiger partial charge in [-0.15, -0.1) is 0 Å². The van der Waals surface area contributed by atoms with Crippen molar-refractivity contribution in [2.45, 2.75) is 20.3 Å². The Kier molecular flexibility index (Phi) is 3.57. The van der Waals surface area contributed by atoms with Crippen LogP contribution in [0.15, 0.2) is 12.1 Å². The molecule has 18 heavy (non-hydrogen) atoms. The first-order valence-electron chi connectivity index (χ1n) is 6.38. The van der Waals surface area contributed by atoms with Gasteiger partial charge in [0.05, 0.1) is 11.4 Å². The smallest absolute Gasteiger partial charge is 0.228 e. The molecule has 2 rings (SSSR count). The molecule has 0 aromatic heterocycles. The molecule has 0 bridgehead atoms. The second-order valence-corrected chi connectivity index (χ2v) is 4.85. The monoisotopic (exact) mass is 247 g/mol. The molecule has 1 heterocycles. The molecule has 0 unspecified atom stereocenters. The van der Waals surface area contributed by atoms with Crippen LogP contribution in [0.4, 0.5) is 11.4 Å². The van der Waals surface area contributed by atoms with Crippen LogP contribution in [0.3, 0.4) is 0 Å². The zero-order valence-corrected chi connectivity index (χ0v) is 11.4. The van der Waals surface area contributed by atoms with Crippen LogP contribution < -0.4 is 15.5 Å². The molecule has 98 valence electrons. The Bertz CT molecular complexity index is 470. The highest BCUT2D eigenvalue weighted by Crippen LogP contribution is 2.36. The van der Waals surface area contributed by atoms with Crippen LogP contribution >= 0.6 is 0 Å². The molecule has 0 radical (unpaired) electrons. The maximum atomic E-state index is 12.0. The molecule has 1 aliphatic rings. The highest BCUT2D eigenvalue weighted by atomic mass is 16.2. The Labute approximate surface area is 108 Å². The van der Waals surface area contributed by atoms with Crippen molar-refractivity contribution in [1.82, 2.24) is 0 Å². The minimum atomic E-state index is 0.166. The molecular formula is C14H21N3O. The van der Waals surface area contributed by atoms with Crippen LogP contribution in [0.2, 0.25) is 0 Å². The molecule has 0 saturated carbocycles. The van der Waals surface area contributed by atoms with Crippen molar-refractivity contribution in [2.75, 3.05) is 36.5 Å². The average molecular weight is 247 g/mol. The number of benzene rings is 1. The normalized spacial score (nSPS) is 15.7. The topological polar surface area (TPSA) is 49.6 Å². The summed E-state index contributed by atoms with van der Waals surface area (Å²) in [6.45, 7) is 6.35. The van der Waals surface area contributed by atoms with Crippen molar-refractivity contribution in [3.05, 3.63) is 23.3 Å². The van der Waals surface area contributed by atoms with Crippen LogP contribution in [-0.2, 0) is 4.79 Å². The lowest BCUT2D eigenvalue weighted by atomic mass is 10.0. The predicted octanol–water partition coefficient (Wildman–Crippen LogP) is 1.44. The van der Waals surface area contributed by atoms with Crippen LogP contribution in [-0.4, -0.2) is 32.6 Å². The van der Waals surface area contributed by atoms with Crippen molar-refractivity contribution in [1.29, 1.82) is 0 Å². The summed E-state index contributed by atoms with van der Waals surface area (Å²) in [5.74, 6) is 0.166. The Morgan fingerprint density at radius 1 is 1.33 bits per heavy atom. The SMILES string of the molecule is Cc1ccc2c(c1C)N(CCN)CCC(=O)N2C. The first-order chi connectivity index (χ1) is 8.56. The lowest BCUT2D eigenvalue weighted by molar-refractivity contribution is -0.118. The Morgan fingerprint density at radius 2 is 2.06 bits per heavy atom. The molecule has 1 amide bonds. The first kappa shape index (κ1) is 12.9. The van der Waals surface area contributed by atoms with Crippen molar-refractivity contribution in [3.8, 4) is 0 Å². The third kappa shape index (κ3) is 2.08. The number of hydrogen-bond donors (Lipinski definition) is 1. The summed E-state index contributed by atoms with van der Waals surface area (Å²) < 4.78 is 0. The summed E-state index contributed by atoms with van der Waals surface area (Å²) >= 11 is 0. The highest BCUT2D eigenvalue weighted by Gasteiger charge is 2.25. The number of fused-ring (bicyclic) bond motifs is 1. The summed E-state index contributed by atoms with van der Waals surface area (Å²) in [4.78, 5) is 16.0. The number of anilines is 2. The molecule has 0 spiro atoms. The number of nitrogens with two attached hydrogens (primary N) is 1. The number of rotatable bonds is 2. The molecule has 2 N–H and O–H groups in total. The molecule has 1 aromatic rings. The summed E-state index contributed by atoms with van der Waals surface area (Å²) in [7, 11) is 1.85. The first-order valence-corrected chi connectivity index (χ1v) is 6.38. The standard InChI is InChI=1S/C14H21N3O/c1-10-4-5-12-14(11(10)2)17(9-7-15)8-6-13(18)16(12)3/h4-5H,6-9,15H2,1-3H3. The van der Waals surface area contributed by atoms with Crippen LogP contribution in [0.25, 0.3) is 0 Å². The summed E-state index contributed by atoms with van der Waals surface area (Å²) in [6, 6.07) is 4.11. The highest BCUT2D eigenvalue weighted by molar-refractivity contribution is 5.98. The van der Waals surface area contributed by atoms with E-state index in [0.29, 0.717) is 13.0 Å². The number of carbonyl (C=O) groups is 1. The van der Waals surface area contributed by atoms with Gasteiger partial charge in [-0.3, -0.25) is 4.79 Å². The van der Waals surface area contributed by atoms with E-state index in [4.69, 9.17) is 5.73 Å². The lowest BCUT2D eigenvalue weighted by Gasteiger charge is -2.27. The van der Waals surface area contributed by atoms with Crippen molar-refractivity contribution in [2.24, 2.45) is 5.73 Å². The third-order valence-electron chi connectivity index (χ3n) is 3.73. The minimum absolute atomic E-state index is 0.166. The molecule has 4 nitrogen and oxygen atoms in total. The van der Waals surface area contributed by atoms with E-state index in [1.807, 2.05) is 13.1 Å². The van der Waals surface area contributed by atoms with Crippen molar-refractivity contribution < 1.29 is 4.79 Å². The largest absolute Gasteiger partial charge is 0.368 e. The molecule has 1 aromatic carbocycles. The second kappa shape index (κ2) is 4.98. The Balaban J connectivity index is 2.57. The third-order valence-corrected chi connectivity index (χ3v) is 3.73. The van der Waals surface area contributed by atoms with E-state index in [0.717, 1.165) is 24.5 Å². The number of carbonyl (C=O) groups excluding carboxylic acids is 1. The maximum Gasteiger partial charge on any atom is 0.228 e. The number of aryl methyl sites for hydroxylation is 1. The molecule has 1 aliphatic heterocycles.